The Kier molecular flexibility index (Phi) is 6.67. The van der Waals surface area contributed by atoms with Crippen LogP contribution < -0.4 is 5.32 Å². The second-order valence-corrected chi connectivity index (χ2v) is 6.25. The van der Waals surface area contributed by atoms with Crippen molar-refractivity contribution in [1.29, 1.82) is 0 Å². The molecule has 0 aromatic heterocycles. The fourth-order valence-corrected chi connectivity index (χ4v) is 2.58. The molecule has 1 amide bonds. The van der Waals surface area contributed by atoms with Crippen LogP contribution in [0.4, 0.5) is 5.69 Å². The van der Waals surface area contributed by atoms with Gasteiger partial charge in [0.15, 0.2) is 12.4 Å². The maximum absolute atomic E-state index is 12.2. The summed E-state index contributed by atoms with van der Waals surface area (Å²) in [6.45, 7) is 5.40. The average Bonchev–Trinajstić information content (AvgIpc) is 2.59. The second kappa shape index (κ2) is 8.94. The van der Waals surface area contributed by atoms with Crippen LogP contribution in [0.1, 0.15) is 51.6 Å². The van der Waals surface area contributed by atoms with Crippen LogP contribution >= 0.6 is 0 Å². The van der Waals surface area contributed by atoms with Crippen LogP contribution in [0.5, 0.6) is 0 Å². The molecule has 0 aliphatic heterocycles. The minimum Gasteiger partial charge on any atom is -0.454 e. The number of aryl methyl sites for hydroxylation is 2. The molecule has 5 heteroatoms. The highest BCUT2D eigenvalue weighted by Crippen LogP contribution is 2.13. The van der Waals surface area contributed by atoms with Gasteiger partial charge in [-0.2, -0.15) is 0 Å². The Morgan fingerprint density at radius 1 is 0.923 bits per heavy atom. The molecule has 26 heavy (non-hydrogen) atoms. The monoisotopic (exact) mass is 353 g/mol. The van der Waals surface area contributed by atoms with Gasteiger partial charge in [0.2, 0.25) is 5.91 Å². The first-order valence-corrected chi connectivity index (χ1v) is 8.57. The molecule has 2 rings (SSSR count). The van der Waals surface area contributed by atoms with Gasteiger partial charge in [-0.15, -0.1) is 0 Å². The zero-order chi connectivity index (χ0) is 19.1. The SMILES string of the molecule is CCCC(=O)Nc1ccc(C(=O)COC(=O)c2cc(C)cc(C)c2)cc1. The van der Waals surface area contributed by atoms with E-state index < -0.39 is 5.97 Å². The van der Waals surface area contributed by atoms with E-state index in [-0.39, 0.29) is 18.3 Å². The number of ether oxygens (including phenoxy) is 1. The van der Waals surface area contributed by atoms with Crippen molar-refractivity contribution in [1.82, 2.24) is 0 Å². The van der Waals surface area contributed by atoms with Crippen LogP contribution in [0.25, 0.3) is 0 Å². The van der Waals surface area contributed by atoms with Gasteiger partial charge in [0.1, 0.15) is 0 Å². The van der Waals surface area contributed by atoms with Gasteiger partial charge in [0.25, 0.3) is 0 Å². The summed E-state index contributed by atoms with van der Waals surface area (Å²) in [6, 6.07) is 12.0. The molecule has 136 valence electrons. The number of Topliss-reactive ketones (excluding diaryl/α,β-unsaturated/α-hetero) is 1. The summed E-state index contributed by atoms with van der Waals surface area (Å²) < 4.78 is 5.12. The maximum atomic E-state index is 12.2. The third kappa shape index (κ3) is 5.55. The molecule has 0 aliphatic carbocycles. The van der Waals surface area contributed by atoms with Crippen molar-refractivity contribution in [3.8, 4) is 0 Å². The lowest BCUT2D eigenvalue weighted by Gasteiger charge is -2.07. The fraction of sp³-hybridized carbons (Fsp3) is 0.286. The standard InChI is InChI=1S/C21H23NO4/c1-4-5-20(24)22-18-8-6-16(7-9-18)19(23)13-26-21(25)17-11-14(2)10-15(3)12-17/h6-12H,4-5,13H2,1-3H3,(H,22,24). The van der Waals surface area contributed by atoms with Gasteiger partial charge in [0, 0.05) is 17.7 Å². The zero-order valence-corrected chi connectivity index (χ0v) is 15.3. The molecule has 0 saturated heterocycles. The molecule has 2 aromatic carbocycles. The van der Waals surface area contributed by atoms with Crippen molar-refractivity contribution in [3.63, 3.8) is 0 Å². The van der Waals surface area contributed by atoms with Gasteiger partial charge in [-0.1, -0.05) is 24.1 Å². The van der Waals surface area contributed by atoms with Crippen LogP contribution in [0.15, 0.2) is 42.5 Å². The molecule has 0 bridgehead atoms. The second-order valence-electron chi connectivity index (χ2n) is 6.25. The third-order valence-electron chi connectivity index (χ3n) is 3.76. The van der Waals surface area contributed by atoms with E-state index in [0.717, 1.165) is 17.5 Å². The van der Waals surface area contributed by atoms with E-state index in [2.05, 4.69) is 5.32 Å². The lowest BCUT2D eigenvalue weighted by atomic mass is 10.1. The summed E-state index contributed by atoms with van der Waals surface area (Å²) in [7, 11) is 0. The fourth-order valence-electron chi connectivity index (χ4n) is 2.58. The Hall–Kier alpha value is -2.95. The van der Waals surface area contributed by atoms with Crippen molar-refractivity contribution in [2.24, 2.45) is 0 Å². The predicted molar refractivity (Wildman–Crippen MR) is 101 cm³/mol. The van der Waals surface area contributed by atoms with E-state index in [9.17, 15) is 14.4 Å². The molecular weight excluding hydrogens is 330 g/mol. The molecular formula is C21H23NO4. The summed E-state index contributed by atoms with van der Waals surface area (Å²) >= 11 is 0. The van der Waals surface area contributed by atoms with Crippen LogP contribution in [-0.4, -0.2) is 24.3 Å². The molecule has 2 aromatic rings. The van der Waals surface area contributed by atoms with E-state index in [4.69, 9.17) is 4.74 Å². The Morgan fingerprint density at radius 2 is 1.54 bits per heavy atom. The van der Waals surface area contributed by atoms with Gasteiger partial charge < -0.3 is 10.1 Å². The summed E-state index contributed by atoms with van der Waals surface area (Å²) in [6.07, 6.45) is 1.23. The number of nitrogens with one attached hydrogen (secondary N) is 1. The van der Waals surface area contributed by atoms with Gasteiger partial charge in [0.05, 0.1) is 5.56 Å². The Morgan fingerprint density at radius 3 is 2.12 bits per heavy atom. The van der Waals surface area contributed by atoms with Crippen molar-refractivity contribution >= 4 is 23.3 Å². The summed E-state index contributed by atoms with van der Waals surface area (Å²) in [5.74, 6) is -0.878. The number of hydrogen-bond donors (Lipinski definition) is 1. The summed E-state index contributed by atoms with van der Waals surface area (Å²) in [5, 5.41) is 2.76. The van der Waals surface area contributed by atoms with E-state index in [1.165, 1.54) is 0 Å². The topological polar surface area (TPSA) is 72.5 Å². The number of carbonyl (C=O) groups is 3. The normalized spacial score (nSPS) is 10.3. The van der Waals surface area contributed by atoms with Gasteiger partial charge in [-0.25, -0.2) is 4.79 Å². The van der Waals surface area contributed by atoms with Crippen LogP contribution in [-0.2, 0) is 9.53 Å². The number of benzene rings is 2. The van der Waals surface area contributed by atoms with Crippen molar-refractivity contribution in [3.05, 3.63) is 64.7 Å². The Balaban J connectivity index is 1.93. The molecule has 0 spiro atoms. The highest BCUT2D eigenvalue weighted by atomic mass is 16.5. The van der Waals surface area contributed by atoms with Gasteiger partial charge >= 0.3 is 5.97 Å². The molecule has 0 radical (unpaired) electrons. The van der Waals surface area contributed by atoms with Gasteiger partial charge in [-0.05, 0) is 56.7 Å². The highest BCUT2D eigenvalue weighted by Gasteiger charge is 2.13. The molecule has 0 heterocycles. The number of rotatable bonds is 7. The van der Waals surface area contributed by atoms with Crippen molar-refractivity contribution < 1.29 is 19.1 Å². The number of amides is 1. The third-order valence-corrected chi connectivity index (χ3v) is 3.76. The van der Waals surface area contributed by atoms with Crippen molar-refractivity contribution in [2.45, 2.75) is 33.6 Å². The number of hydrogen-bond acceptors (Lipinski definition) is 4. The molecule has 0 atom stereocenters. The number of ketones is 1. The zero-order valence-electron chi connectivity index (χ0n) is 15.3. The van der Waals surface area contributed by atoms with Crippen LogP contribution in [0.2, 0.25) is 0 Å². The largest absolute Gasteiger partial charge is 0.454 e. The first-order valence-electron chi connectivity index (χ1n) is 8.57. The van der Waals surface area contributed by atoms with Crippen LogP contribution in [0, 0.1) is 13.8 Å². The van der Waals surface area contributed by atoms with E-state index in [1.807, 2.05) is 26.8 Å². The van der Waals surface area contributed by atoms with Gasteiger partial charge in [-0.3, -0.25) is 9.59 Å². The molecule has 5 nitrogen and oxygen atoms in total. The van der Waals surface area contributed by atoms with E-state index in [0.29, 0.717) is 23.2 Å². The summed E-state index contributed by atoms with van der Waals surface area (Å²) in [5.41, 5.74) is 3.41. The average molecular weight is 353 g/mol. The van der Waals surface area contributed by atoms with Crippen molar-refractivity contribution in [2.75, 3.05) is 11.9 Å². The molecule has 0 saturated carbocycles. The predicted octanol–water partition coefficient (Wildman–Crippen LogP) is 4.08. The maximum Gasteiger partial charge on any atom is 0.338 e. The van der Waals surface area contributed by atoms with E-state index >= 15 is 0 Å². The Labute approximate surface area is 153 Å². The number of esters is 1. The number of anilines is 1. The minimum absolute atomic E-state index is 0.0612. The highest BCUT2D eigenvalue weighted by molar-refractivity contribution is 6.00. The Bertz CT molecular complexity index is 789. The quantitative estimate of drug-likeness (QED) is 0.601. The first-order chi connectivity index (χ1) is 12.4. The minimum atomic E-state index is -0.520. The van der Waals surface area contributed by atoms with Crippen LogP contribution in [0.3, 0.4) is 0 Å². The number of carbonyl (C=O) groups excluding carboxylic acids is 3. The smallest absolute Gasteiger partial charge is 0.338 e. The van der Waals surface area contributed by atoms with E-state index in [1.54, 1.807) is 36.4 Å². The molecule has 0 unspecified atom stereocenters. The first kappa shape index (κ1) is 19.4. The molecule has 0 aliphatic rings. The lowest BCUT2D eigenvalue weighted by Crippen LogP contribution is -2.15. The summed E-state index contributed by atoms with van der Waals surface area (Å²) in [4.78, 5) is 35.8. The molecule has 1 N–H and O–H groups in total. The lowest BCUT2D eigenvalue weighted by molar-refractivity contribution is -0.116. The molecule has 0 fully saturated rings.